The molecule has 2 rings (SSSR count). The molecule has 0 saturated carbocycles. The highest BCUT2D eigenvalue weighted by Crippen LogP contribution is 2.28. The molecular formula is C17H23N3. The zero-order valence-corrected chi connectivity index (χ0v) is 12.7. The van der Waals surface area contributed by atoms with Gasteiger partial charge in [-0.3, -0.25) is 0 Å². The molecule has 3 heteroatoms. The highest BCUT2D eigenvalue weighted by atomic mass is 14.9. The van der Waals surface area contributed by atoms with Crippen LogP contribution in [0.4, 0.5) is 0 Å². The quantitative estimate of drug-likeness (QED) is 0.905. The Morgan fingerprint density at radius 3 is 2.20 bits per heavy atom. The number of nitrogens with zero attached hydrogens (tertiary/aromatic N) is 2. The summed E-state index contributed by atoms with van der Waals surface area (Å²) in [5.74, 6) is 0.858. The van der Waals surface area contributed by atoms with E-state index in [0.29, 0.717) is 6.04 Å². The molecule has 0 fully saturated rings. The highest BCUT2D eigenvalue weighted by molar-refractivity contribution is 5.30. The predicted octanol–water partition coefficient (Wildman–Crippen LogP) is 3.30. The van der Waals surface area contributed by atoms with Crippen LogP contribution in [0.5, 0.6) is 0 Å². The second-order valence-corrected chi connectivity index (χ2v) is 5.94. The van der Waals surface area contributed by atoms with Gasteiger partial charge in [0.2, 0.25) is 0 Å². The zero-order valence-electron chi connectivity index (χ0n) is 12.7. The van der Waals surface area contributed by atoms with Crippen LogP contribution >= 0.6 is 0 Å². The minimum absolute atomic E-state index is 0.175. The van der Waals surface area contributed by atoms with E-state index in [1.165, 1.54) is 5.56 Å². The summed E-state index contributed by atoms with van der Waals surface area (Å²) in [7, 11) is 0. The van der Waals surface area contributed by atoms with Crippen LogP contribution < -0.4 is 5.32 Å². The Morgan fingerprint density at radius 1 is 1.05 bits per heavy atom. The van der Waals surface area contributed by atoms with E-state index in [9.17, 15) is 0 Å². The van der Waals surface area contributed by atoms with Gasteiger partial charge in [-0.2, -0.15) is 0 Å². The van der Waals surface area contributed by atoms with Gasteiger partial charge in [0, 0.05) is 36.0 Å². The molecule has 20 heavy (non-hydrogen) atoms. The first-order valence-corrected chi connectivity index (χ1v) is 7.10. The second-order valence-electron chi connectivity index (χ2n) is 5.94. The molecule has 0 unspecified atom stereocenters. The molecule has 1 aromatic heterocycles. The summed E-state index contributed by atoms with van der Waals surface area (Å²) in [4.78, 5) is 9.11. The van der Waals surface area contributed by atoms with Crippen LogP contribution in [-0.4, -0.2) is 16.0 Å². The van der Waals surface area contributed by atoms with Crippen molar-refractivity contribution >= 4 is 0 Å². The van der Waals surface area contributed by atoms with Crippen LogP contribution in [-0.2, 0) is 12.0 Å². The topological polar surface area (TPSA) is 37.8 Å². The number of aromatic nitrogens is 2. The minimum atomic E-state index is -0.175. The molecule has 0 radical (unpaired) electrons. The van der Waals surface area contributed by atoms with Crippen LogP contribution in [0.2, 0.25) is 0 Å². The minimum Gasteiger partial charge on any atom is -0.310 e. The number of hydrogen-bond acceptors (Lipinski definition) is 3. The molecule has 0 aliphatic rings. The molecule has 3 nitrogen and oxygen atoms in total. The molecule has 0 aliphatic heterocycles. The summed E-state index contributed by atoms with van der Waals surface area (Å²) in [5.41, 5.74) is 2.17. The third-order valence-electron chi connectivity index (χ3n) is 3.47. The van der Waals surface area contributed by atoms with E-state index in [0.717, 1.165) is 17.9 Å². The maximum atomic E-state index is 4.55. The molecular weight excluding hydrogens is 246 g/mol. The Morgan fingerprint density at radius 2 is 1.65 bits per heavy atom. The lowest BCUT2D eigenvalue weighted by Crippen LogP contribution is -2.24. The van der Waals surface area contributed by atoms with Crippen molar-refractivity contribution in [2.24, 2.45) is 0 Å². The van der Waals surface area contributed by atoms with E-state index in [2.05, 4.69) is 67.2 Å². The standard InChI is InChI=1S/C17H23N3/c1-13(2)18-10-14-11-19-16(20-12-14)17(3,4)15-8-6-5-7-9-15/h5-9,11-13,18H,10H2,1-4H3. The lowest BCUT2D eigenvalue weighted by atomic mass is 9.84. The first kappa shape index (κ1) is 14.7. The van der Waals surface area contributed by atoms with Gasteiger partial charge in [0.05, 0.1) is 0 Å². The monoisotopic (exact) mass is 269 g/mol. The van der Waals surface area contributed by atoms with Gasteiger partial charge < -0.3 is 5.32 Å². The average Bonchev–Trinajstić information content (AvgIpc) is 2.46. The third-order valence-corrected chi connectivity index (χ3v) is 3.47. The van der Waals surface area contributed by atoms with Gasteiger partial charge in [-0.05, 0) is 19.4 Å². The van der Waals surface area contributed by atoms with Crippen molar-refractivity contribution < 1.29 is 0 Å². The zero-order chi connectivity index (χ0) is 14.6. The van der Waals surface area contributed by atoms with Crippen molar-refractivity contribution in [3.63, 3.8) is 0 Å². The summed E-state index contributed by atoms with van der Waals surface area (Å²) in [6.07, 6.45) is 3.84. The second kappa shape index (κ2) is 6.14. The third kappa shape index (κ3) is 3.42. The Labute approximate surface area is 121 Å². The molecule has 0 saturated heterocycles. The van der Waals surface area contributed by atoms with Crippen molar-refractivity contribution in [1.29, 1.82) is 0 Å². The van der Waals surface area contributed by atoms with Crippen LogP contribution in [0.3, 0.4) is 0 Å². The van der Waals surface area contributed by atoms with Crippen LogP contribution in [0.15, 0.2) is 42.7 Å². The van der Waals surface area contributed by atoms with Gasteiger partial charge >= 0.3 is 0 Å². The Kier molecular flexibility index (Phi) is 4.50. The molecule has 0 aliphatic carbocycles. The number of nitrogens with one attached hydrogen (secondary N) is 1. The van der Waals surface area contributed by atoms with E-state index < -0.39 is 0 Å². The lowest BCUT2D eigenvalue weighted by molar-refractivity contribution is 0.571. The van der Waals surface area contributed by atoms with Gasteiger partial charge in [0.1, 0.15) is 5.82 Å². The fourth-order valence-electron chi connectivity index (χ4n) is 2.07. The normalized spacial score (nSPS) is 11.8. The number of benzene rings is 1. The number of hydrogen-bond donors (Lipinski definition) is 1. The van der Waals surface area contributed by atoms with E-state index in [1.807, 2.05) is 18.5 Å². The van der Waals surface area contributed by atoms with E-state index in [4.69, 9.17) is 0 Å². The Bertz CT molecular complexity index is 530. The molecule has 2 aromatic rings. The highest BCUT2D eigenvalue weighted by Gasteiger charge is 2.25. The fraction of sp³-hybridized carbons (Fsp3) is 0.412. The average molecular weight is 269 g/mol. The molecule has 0 spiro atoms. The first-order valence-electron chi connectivity index (χ1n) is 7.10. The van der Waals surface area contributed by atoms with Gasteiger partial charge in [-0.15, -0.1) is 0 Å². The summed E-state index contributed by atoms with van der Waals surface area (Å²) < 4.78 is 0. The maximum absolute atomic E-state index is 4.55. The Balaban J connectivity index is 2.17. The first-order chi connectivity index (χ1) is 9.50. The van der Waals surface area contributed by atoms with Crippen molar-refractivity contribution in [2.75, 3.05) is 0 Å². The summed E-state index contributed by atoms with van der Waals surface area (Å²) in [5, 5.41) is 3.37. The van der Waals surface area contributed by atoms with Crippen LogP contribution in [0.25, 0.3) is 0 Å². The molecule has 1 aromatic carbocycles. The molecule has 1 heterocycles. The van der Waals surface area contributed by atoms with Crippen molar-refractivity contribution in [2.45, 2.75) is 45.7 Å². The molecule has 0 atom stereocenters. The summed E-state index contributed by atoms with van der Waals surface area (Å²) in [6, 6.07) is 10.8. The van der Waals surface area contributed by atoms with Gasteiger partial charge in [-0.1, -0.05) is 44.2 Å². The van der Waals surface area contributed by atoms with Crippen molar-refractivity contribution in [3.8, 4) is 0 Å². The van der Waals surface area contributed by atoms with Crippen molar-refractivity contribution in [3.05, 3.63) is 59.7 Å². The SMILES string of the molecule is CC(C)NCc1cnc(C(C)(C)c2ccccc2)nc1. The lowest BCUT2D eigenvalue weighted by Gasteiger charge is -2.23. The van der Waals surface area contributed by atoms with E-state index in [-0.39, 0.29) is 5.41 Å². The fourth-order valence-corrected chi connectivity index (χ4v) is 2.07. The van der Waals surface area contributed by atoms with Gasteiger partial charge in [-0.25, -0.2) is 9.97 Å². The van der Waals surface area contributed by atoms with Crippen molar-refractivity contribution in [1.82, 2.24) is 15.3 Å². The van der Waals surface area contributed by atoms with E-state index in [1.54, 1.807) is 0 Å². The molecule has 1 N–H and O–H groups in total. The number of rotatable bonds is 5. The van der Waals surface area contributed by atoms with E-state index >= 15 is 0 Å². The largest absolute Gasteiger partial charge is 0.310 e. The summed E-state index contributed by atoms with van der Waals surface area (Å²) in [6.45, 7) is 9.39. The van der Waals surface area contributed by atoms with Gasteiger partial charge in [0.25, 0.3) is 0 Å². The van der Waals surface area contributed by atoms with Gasteiger partial charge in [0.15, 0.2) is 0 Å². The predicted molar refractivity (Wildman–Crippen MR) is 82.6 cm³/mol. The smallest absolute Gasteiger partial charge is 0.138 e. The van der Waals surface area contributed by atoms with Crippen LogP contribution in [0.1, 0.15) is 44.6 Å². The molecule has 106 valence electrons. The summed E-state index contributed by atoms with van der Waals surface area (Å²) >= 11 is 0. The van der Waals surface area contributed by atoms with Crippen LogP contribution in [0, 0.1) is 0 Å². The molecule has 0 bridgehead atoms. The maximum Gasteiger partial charge on any atom is 0.138 e. The molecule has 0 amide bonds. The Hall–Kier alpha value is -1.74.